The lowest BCUT2D eigenvalue weighted by Crippen LogP contribution is -2.61. The van der Waals surface area contributed by atoms with Crippen LogP contribution in [0, 0.1) is 11.3 Å². The third kappa shape index (κ3) is 5.23. The second-order valence-corrected chi connectivity index (χ2v) is 10.4. The van der Waals surface area contributed by atoms with Crippen LogP contribution in [0.15, 0.2) is 30.5 Å². The number of hydrogen-bond acceptors (Lipinski definition) is 7. The molecule has 1 saturated carbocycles. The van der Waals surface area contributed by atoms with E-state index in [9.17, 15) is 0 Å². The van der Waals surface area contributed by atoms with Gasteiger partial charge < -0.3 is 31.0 Å². The molecule has 5 rings (SSSR count). The number of anilines is 2. The summed E-state index contributed by atoms with van der Waals surface area (Å²) in [6.45, 7) is 8.15. The number of hydrogen-bond donors (Lipinski definition) is 4. The molecule has 1 aliphatic heterocycles. The fraction of sp³-hybridized carbons (Fsp3) is 0.556. The van der Waals surface area contributed by atoms with Gasteiger partial charge in [-0.2, -0.15) is 4.98 Å². The fourth-order valence-electron chi connectivity index (χ4n) is 5.67. The summed E-state index contributed by atoms with van der Waals surface area (Å²) in [5, 5.41) is 10.5. The first-order valence-corrected chi connectivity index (χ1v) is 13.0. The molecular weight excluding hydrogens is 438 g/mol. The van der Waals surface area contributed by atoms with Crippen molar-refractivity contribution in [2.45, 2.75) is 52.1 Å². The smallest absolute Gasteiger partial charge is 0.222 e. The minimum atomic E-state index is 0.295. The van der Waals surface area contributed by atoms with Gasteiger partial charge in [-0.25, -0.2) is 4.98 Å². The minimum absolute atomic E-state index is 0.295. The number of benzene rings is 1. The molecule has 2 aromatic heterocycles. The molecule has 188 valence electrons. The van der Waals surface area contributed by atoms with Crippen molar-refractivity contribution in [1.29, 1.82) is 0 Å². The third-order valence-electron chi connectivity index (χ3n) is 7.60. The van der Waals surface area contributed by atoms with Gasteiger partial charge in [0.25, 0.3) is 0 Å². The van der Waals surface area contributed by atoms with Gasteiger partial charge in [-0.05, 0) is 54.8 Å². The van der Waals surface area contributed by atoms with Crippen molar-refractivity contribution in [2.24, 2.45) is 11.3 Å². The van der Waals surface area contributed by atoms with Crippen LogP contribution in [-0.4, -0.2) is 47.8 Å². The van der Waals surface area contributed by atoms with Gasteiger partial charge in [0.1, 0.15) is 11.3 Å². The summed E-state index contributed by atoms with van der Waals surface area (Å²) in [6.07, 6.45) is 8.26. The zero-order valence-electron chi connectivity index (χ0n) is 21.1. The highest BCUT2D eigenvalue weighted by Gasteiger charge is 2.47. The van der Waals surface area contributed by atoms with Gasteiger partial charge in [-0.1, -0.05) is 31.9 Å². The van der Waals surface area contributed by atoms with E-state index in [0.717, 1.165) is 60.1 Å². The molecule has 5 N–H and O–H groups in total. The topological polar surface area (TPSA) is 102 Å². The highest BCUT2D eigenvalue weighted by Crippen LogP contribution is 2.47. The van der Waals surface area contributed by atoms with E-state index in [1.807, 2.05) is 12.3 Å². The number of nitrogens with zero attached hydrogens (tertiary/aromatic N) is 3. The normalized spacial score (nSPS) is 16.9. The zero-order valence-corrected chi connectivity index (χ0v) is 21.1. The summed E-state index contributed by atoms with van der Waals surface area (Å²) in [7, 11) is 1.74. The summed E-state index contributed by atoms with van der Waals surface area (Å²) in [6, 6.07) is 8.53. The number of ether oxygens (including phenoxy) is 1. The van der Waals surface area contributed by atoms with Gasteiger partial charge in [0.05, 0.1) is 19.2 Å². The third-order valence-corrected chi connectivity index (χ3v) is 7.60. The predicted octanol–water partition coefficient (Wildman–Crippen LogP) is 3.76. The molecule has 8 nitrogen and oxygen atoms in total. The molecule has 1 aromatic carbocycles. The summed E-state index contributed by atoms with van der Waals surface area (Å²) < 4.78 is 7.96. The van der Waals surface area contributed by atoms with Crippen LogP contribution in [0.1, 0.15) is 50.2 Å². The average molecular weight is 478 g/mol. The molecule has 1 aliphatic carbocycles. The molecule has 0 unspecified atom stereocenters. The number of nitrogens with two attached hydrogens (primary N) is 1. The van der Waals surface area contributed by atoms with Crippen LogP contribution < -0.4 is 26.4 Å². The first kappa shape index (κ1) is 23.9. The van der Waals surface area contributed by atoms with E-state index >= 15 is 0 Å². The second kappa shape index (κ2) is 10.4. The highest BCUT2D eigenvalue weighted by molar-refractivity contribution is 5.87. The van der Waals surface area contributed by atoms with Crippen molar-refractivity contribution in [2.75, 3.05) is 44.3 Å². The number of unbranched alkanes of at least 4 members (excludes halogenated alkanes) is 2. The maximum absolute atomic E-state index is 5.97. The molecule has 8 heteroatoms. The van der Waals surface area contributed by atoms with Crippen molar-refractivity contribution in [1.82, 2.24) is 25.2 Å². The lowest BCUT2D eigenvalue weighted by molar-refractivity contribution is 0.00103. The van der Waals surface area contributed by atoms with Gasteiger partial charge in [-0.3, -0.25) is 0 Å². The van der Waals surface area contributed by atoms with Gasteiger partial charge in [-0.15, -0.1) is 0 Å². The molecule has 0 radical (unpaired) electrons. The maximum atomic E-state index is 5.97. The van der Waals surface area contributed by atoms with Gasteiger partial charge in [0.15, 0.2) is 5.82 Å². The molecule has 2 aliphatic rings. The Kier molecular flexibility index (Phi) is 7.11. The molecule has 1 saturated heterocycles. The van der Waals surface area contributed by atoms with E-state index in [2.05, 4.69) is 55.6 Å². The van der Waals surface area contributed by atoms with Crippen molar-refractivity contribution >= 4 is 22.8 Å². The van der Waals surface area contributed by atoms with E-state index < -0.39 is 0 Å². The Labute approximate surface area is 208 Å². The van der Waals surface area contributed by atoms with Crippen LogP contribution in [-0.2, 0) is 13.1 Å². The summed E-state index contributed by atoms with van der Waals surface area (Å²) in [4.78, 5) is 8.94. The lowest BCUT2D eigenvalue weighted by Gasteiger charge is -2.54. The largest absolute Gasteiger partial charge is 0.496 e. The molecular formula is C27H39N7O. The highest BCUT2D eigenvalue weighted by atomic mass is 16.5. The Morgan fingerprint density at radius 1 is 1.20 bits per heavy atom. The van der Waals surface area contributed by atoms with Gasteiger partial charge in [0.2, 0.25) is 5.95 Å². The molecule has 35 heavy (non-hydrogen) atoms. The van der Waals surface area contributed by atoms with Crippen LogP contribution in [0.2, 0.25) is 0 Å². The summed E-state index contributed by atoms with van der Waals surface area (Å²) >= 11 is 0. The second-order valence-electron chi connectivity index (χ2n) is 10.4. The summed E-state index contributed by atoms with van der Waals surface area (Å²) in [5.41, 5.74) is 10.8. The lowest BCUT2D eigenvalue weighted by atomic mass is 9.58. The molecule has 0 amide bonds. The van der Waals surface area contributed by atoms with Crippen molar-refractivity contribution in [3.63, 3.8) is 0 Å². The average Bonchev–Trinajstić information content (AvgIpc) is 3.20. The van der Waals surface area contributed by atoms with Gasteiger partial charge in [0, 0.05) is 37.9 Å². The van der Waals surface area contributed by atoms with Crippen LogP contribution >= 0.6 is 0 Å². The van der Waals surface area contributed by atoms with E-state index in [-0.39, 0.29) is 0 Å². The molecule has 2 fully saturated rings. The molecule has 0 atom stereocenters. The van der Waals surface area contributed by atoms with E-state index in [1.54, 1.807) is 7.11 Å². The molecule has 3 heterocycles. The maximum Gasteiger partial charge on any atom is 0.222 e. The fourth-order valence-corrected chi connectivity index (χ4v) is 5.67. The zero-order chi connectivity index (χ0) is 24.3. The van der Waals surface area contributed by atoms with Crippen molar-refractivity contribution in [3.8, 4) is 5.75 Å². The Balaban J connectivity index is 1.24. The predicted molar refractivity (Wildman–Crippen MR) is 142 cm³/mol. The van der Waals surface area contributed by atoms with Gasteiger partial charge >= 0.3 is 0 Å². The Bertz CT molecular complexity index is 1150. The van der Waals surface area contributed by atoms with Crippen LogP contribution in [0.5, 0.6) is 5.75 Å². The van der Waals surface area contributed by atoms with Crippen LogP contribution in [0.3, 0.4) is 0 Å². The number of fused-ring (bicyclic) bond motifs is 1. The molecule has 0 bridgehead atoms. The summed E-state index contributed by atoms with van der Waals surface area (Å²) in [5.74, 6) is 2.82. The van der Waals surface area contributed by atoms with E-state index in [1.165, 1.54) is 44.3 Å². The Morgan fingerprint density at radius 3 is 2.80 bits per heavy atom. The van der Waals surface area contributed by atoms with E-state index in [0.29, 0.717) is 17.9 Å². The molecule has 1 spiro atoms. The first-order valence-electron chi connectivity index (χ1n) is 13.0. The standard InChI is InChI=1S/C27H39N7O/c1-3-4-5-9-31-25-24-22(32-26(28)33-25)8-10-34(24)16-21-7-6-19(11-23(21)35-2)14-29-15-20-12-27(13-20)17-30-18-27/h6-8,10-11,20,29-30H,3-5,9,12-18H2,1-2H3,(H3,28,31,32,33). The minimum Gasteiger partial charge on any atom is -0.496 e. The molecule has 3 aromatic rings. The number of nitrogen functional groups attached to an aromatic ring is 1. The van der Waals surface area contributed by atoms with E-state index in [4.69, 9.17) is 10.5 Å². The van der Waals surface area contributed by atoms with Crippen molar-refractivity contribution in [3.05, 3.63) is 41.6 Å². The monoisotopic (exact) mass is 477 g/mol. The first-order chi connectivity index (χ1) is 17.1. The van der Waals surface area contributed by atoms with Crippen molar-refractivity contribution < 1.29 is 4.74 Å². The van der Waals surface area contributed by atoms with Crippen LogP contribution in [0.4, 0.5) is 11.8 Å². The SMILES string of the molecule is CCCCCNc1nc(N)nc2ccn(Cc3ccc(CNCC4CC5(CNC5)C4)cc3OC)c12. The number of rotatable bonds is 12. The Morgan fingerprint density at radius 2 is 2.06 bits per heavy atom. The van der Waals surface area contributed by atoms with Crippen LogP contribution in [0.25, 0.3) is 11.0 Å². The number of nitrogens with one attached hydrogen (secondary N) is 3. The number of methoxy groups -OCH3 is 1. The quantitative estimate of drug-likeness (QED) is 0.295. The number of aromatic nitrogens is 3. The Hall–Kier alpha value is -2.84.